The van der Waals surface area contributed by atoms with E-state index in [1.807, 2.05) is 112 Å². The summed E-state index contributed by atoms with van der Waals surface area (Å²) in [6.45, 7) is 13.0. The van der Waals surface area contributed by atoms with Gasteiger partial charge in [-0.15, -0.1) is 0 Å². The SMILES string of the molecule is CN(C)CCOc1ccc(-c2cccc3cnc(Nc4ccc(N5CCOCC5)nc4)nc23)cc1.c1cc(-c2ccc(OCCN3CCOCC3)cc2)c2nc(Nc3ccc(N4CCOCC4)nc3)ncc2c1. The summed E-state index contributed by atoms with van der Waals surface area (Å²) in [5.41, 5.74) is 7.74. The van der Waals surface area contributed by atoms with Crippen LogP contribution in [0.2, 0.25) is 0 Å². The number of fused-ring (bicyclic) bond motifs is 2. The molecule has 0 saturated carbocycles. The lowest BCUT2D eigenvalue weighted by Crippen LogP contribution is -2.38. The molecule has 73 heavy (non-hydrogen) atoms. The number of nitrogens with zero attached hydrogens (tertiary/aromatic N) is 10. The van der Waals surface area contributed by atoms with Gasteiger partial charge in [-0.05, 0) is 73.8 Å². The summed E-state index contributed by atoms with van der Waals surface area (Å²) in [6.07, 6.45) is 7.34. The van der Waals surface area contributed by atoms with Crippen molar-refractivity contribution < 1.29 is 23.7 Å². The first kappa shape index (κ1) is 49.1. The Bertz CT molecular complexity index is 3000. The molecule has 0 amide bonds. The highest BCUT2D eigenvalue weighted by Crippen LogP contribution is 2.32. The van der Waals surface area contributed by atoms with E-state index in [1.165, 1.54) is 0 Å². The fourth-order valence-corrected chi connectivity index (χ4v) is 8.76. The standard InChI is InChI=1S/C29H32N6O3.C27H30N6O2/c1-2-23-20-31-29(32-24-6-9-27(30-21-24)35-13-17-37-18-14-35)33-28(23)26(3-1)22-4-7-25(8-5-22)38-19-12-34-10-15-36-16-11-34;1-32(2)12-17-35-23-9-6-20(7-10-23)24-5-3-4-21-18-29-27(31-26(21)24)30-22-8-11-25(28-19-22)33-13-15-34-16-14-33/h1-9,20-21H,10-19H2,(H,31,32,33);3-11,18-19H,12-17H2,1-2H3,(H,29,30,31). The Kier molecular flexibility index (Phi) is 16.3. The van der Waals surface area contributed by atoms with Gasteiger partial charge < -0.3 is 49.0 Å². The molecular formula is C56H62N12O5. The lowest BCUT2D eigenvalue weighted by Gasteiger charge is -2.27. The number of benzene rings is 4. The molecule has 8 aromatic rings. The van der Waals surface area contributed by atoms with Crippen molar-refractivity contribution in [3.05, 3.63) is 134 Å². The Morgan fingerprint density at radius 1 is 0.493 bits per heavy atom. The monoisotopic (exact) mass is 982 g/mol. The van der Waals surface area contributed by atoms with Crippen molar-refractivity contribution in [2.24, 2.45) is 0 Å². The number of pyridine rings is 2. The van der Waals surface area contributed by atoms with Crippen molar-refractivity contribution in [3.63, 3.8) is 0 Å². The highest BCUT2D eigenvalue weighted by Gasteiger charge is 2.16. The molecule has 17 heteroatoms. The van der Waals surface area contributed by atoms with E-state index in [2.05, 4.69) is 86.6 Å². The predicted octanol–water partition coefficient (Wildman–Crippen LogP) is 8.20. The van der Waals surface area contributed by atoms with Gasteiger partial charge in [0.2, 0.25) is 11.9 Å². The third-order valence-electron chi connectivity index (χ3n) is 12.8. The minimum atomic E-state index is 0.536. The molecule has 0 aliphatic carbocycles. The first-order valence-electron chi connectivity index (χ1n) is 25.0. The van der Waals surface area contributed by atoms with Crippen LogP contribution in [0, 0.1) is 0 Å². The maximum atomic E-state index is 5.99. The Morgan fingerprint density at radius 3 is 1.38 bits per heavy atom. The van der Waals surface area contributed by atoms with E-state index in [0.717, 1.165) is 171 Å². The van der Waals surface area contributed by atoms with Gasteiger partial charge in [-0.2, -0.15) is 0 Å². The number of para-hydroxylation sites is 2. The molecule has 376 valence electrons. The maximum Gasteiger partial charge on any atom is 0.227 e. The number of rotatable bonds is 16. The summed E-state index contributed by atoms with van der Waals surface area (Å²) in [6, 6.07) is 36.7. The van der Waals surface area contributed by atoms with E-state index in [-0.39, 0.29) is 0 Å². The van der Waals surface area contributed by atoms with Gasteiger partial charge in [0, 0.05) is 86.7 Å². The third kappa shape index (κ3) is 13.1. The molecule has 0 spiro atoms. The lowest BCUT2D eigenvalue weighted by molar-refractivity contribution is 0.0322. The van der Waals surface area contributed by atoms with Gasteiger partial charge in [0.25, 0.3) is 0 Å². The van der Waals surface area contributed by atoms with Crippen molar-refractivity contribution in [3.8, 4) is 33.8 Å². The van der Waals surface area contributed by atoms with Crippen LogP contribution in [0.3, 0.4) is 0 Å². The summed E-state index contributed by atoms with van der Waals surface area (Å²) in [7, 11) is 4.07. The van der Waals surface area contributed by atoms with E-state index in [1.54, 1.807) is 0 Å². The molecule has 4 aromatic carbocycles. The molecule has 3 aliphatic heterocycles. The van der Waals surface area contributed by atoms with Crippen molar-refractivity contribution in [1.29, 1.82) is 0 Å². The van der Waals surface area contributed by atoms with Gasteiger partial charge in [0.05, 0.1) is 74.4 Å². The molecule has 4 aromatic heterocycles. The molecule has 3 fully saturated rings. The van der Waals surface area contributed by atoms with Crippen LogP contribution < -0.4 is 29.9 Å². The van der Waals surface area contributed by atoms with Gasteiger partial charge in [-0.25, -0.2) is 29.9 Å². The minimum Gasteiger partial charge on any atom is -0.492 e. The molecule has 0 bridgehead atoms. The van der Waals surface area contributed by atoms with Gasteiger partial charge in [-0.3, -0.25) is 4.90 Å². The number of hydrogen-bond donors (Lipinski definition) is 2. The van der Waals surface area contributed by atoms with Gasteiger partial charge in [-0.1, -0.05) is 60.7 Å². The fourth-order valence-electron chi connectivity index (χ4n) is 8.76. The number of hydrogen-bond acceptors (Lipinski definition) is 17. The van der Waals surface area contributed by atoms with Crippen LogP contribution >= 0.6 is 0 Å². The molecular weight excluding hydrogens is 921 g/mol. The number of anilines is 6. The quantitative estimate of drug-likeness (QED) is 0.0953. The molecule has 3 saturated heterocycles. The van der Waals surface area contributed by atoms with Crippen LogP contribution in [0.15, 0.2) is 134 Å². The second kappa shape index (κ2) is 24.3. The van der Waals surface area contributed by atoms with Crippen LogP contribution in [0.1, 0.15) is 0 Å². The Hall–Kier alpha value is -7.54. The second-order valence-corrected chi connectivity index (χ2v) is 18.1. The molecule has 11 rings (SSSR count). The first-order valence-corrected chi connectivity index (χ1v) is 25.0. The highest BCUT2D eigenvalue weighted by molar-refractivity contribution is 5.95. The summed E-state index contributed by atoms with van der Waals surface area (Å²) in [5, 5.41) is 8.57. The van der Waals surface area contributed by atoms with Crippen molar-refractivity contribution in [2.75, 3.05) is 140 Å². The Balaban J connectivity index is 0.000000168. The zero-order valence-electron chi connectivity index (χ0n) is 41.5. The summed E-state index contributed by atoms with van der Waals surface area (Å²) in [5.74, 6) is 4.71. The zero-order chi connectivity index (χ0) is 49.6. The van der Waals surface area contributed by atoms with E-state index in [4.69, 9.17) is 33.7 Å². The number of nitrogens with one attached hydrogen (secondary N) is 2. The minimum absolute atomic E-state index is 0.536. The van der Waals surface area contributed by atoms with E-state index in [0.29, 0.717) is 25.1 Å². The van der Waals surface area contributed by atoms with Crippen LogP contribution in [0.4, 0.5) is 34.9 Å². The maximum absolute atomic E-state index is 5.99. The van der Waals surface area contributed by atoms with E-state index >= 15 is 0 Å². The average Bonchev–Trinajstić information content (AvgIpc) is 3.44. The summed E-state index contributed by atoms with van der Waals surface area (Å²) in [4.78, 5) is 36.9. The van der Waals surface area contributed by atoms with Crippen LogP contribution in [-0.4, -0.2) is 159 Å². The molecule has 3 aliphatic rings. The average molecular weight is 983 g/mol. The fraction of sp³-hybridized carbons (Fsp3) is 0.321. The molecule has 2 N–H and O–H groups in total. The molecule has 17 nitrogen and oxygen atoms in total. The topological polar surface area (TPSA) is 161 Å². The second-order valence-electron chi connectivity index (χ2n) is 18.1. The predicted molar refractivity (Wildman–Crippen MR) is 288 cm³/mol. The van der Waals surface area contributed by atoms with Crippen molar-refractivity contribution in [1.82, 2.24) is 39.7 Å². The van der Waals surface area contributed by atoms with Crippen LogP contribution in [0.25, 0.3) is 44.1 Å². The number of likely N-dealkylation sites (N-methyl/N-ethyl adjacent to an activating group) is 1. The normalized spacial score (nSPS) is 15.2. The summed E-state index contributed by atoms with van der Waals surface area (Å²) >= 11 is 0. The first-order chi connectivity index (χ1) is 36.0. The largest absolute Gasteiger partial charge is 0.492 e. The van der Waals surface area contributed by atoms with Gasteiger partial charge >= 0.3 is 0 Å². The highest BCUT2D eigenvalue weighted by atomic mass is 16.5. The van der Waals surface area contributed by atoms with Crippen LogP contribution in [0.5, 0.6) is 11.5 Å². The number of ether oxygens (including phenoxy) is 5. The molecule has 0 radical (unpaired) electrons. The van der Waals surface area contributed by atoms with E-state index < -0.39 is 0 Å². The number of aromatic nitrogens is 6. The van der Waals surface area contributed by atoms with Crippen LogP contribution in [-0.2, 0) is 14.2 Å². The lowest BCUT2D eigenvalue weighted by atomic mass is 10.0. The molecule has 7 heterocycles. The molecule has 0 unspecified atom stereocenters. The zero-order valence-corrected chi connectivity index (χ0v) is 41.5. The Morgan fingerprint density at radius 2 is 0.945 bits per heavy atom. The Labute approximate surface area is 426 Å². The third-order valence-corrected chi connectivity index (χ3v) is 12.8. The smallest absolute Gasteiger partial charge is 0.227 e. The van der Waals surface area contributed by atoms with Crippen molar-refractivity contribution >= 4 is 56.7 Å². The van der Waals surface area contributed by atoms with Gasteiger partial charge in [0.1, 0.15) is 36.3 Å². The van der Waals surface area contributed by atoms with Crippen molar-refractivity contribution in [2.45, 2.75) is 0 Å². The van der Waals surface area contributed by atoms with E-state index in [9.17, 15) is 0 Å². The van der Waals surface area contributed by atoms with Gasteiger partial charge in [0.15, 0.2) is 0 Å². The summed E-state index contributed by atoms with van der Waals surface area (Å²) < 4.78 is 28.1. The number of morpholine rings is 3. The molecule has 0 atom stereocenters.